The Labute approximate surface area is 184 Å². The van der Waals surface area contributed by atoms with Gasteiger partial charge in [0.25, 0.3) is 0 Å². The second-order valence-electron chi connectivity index (χ2n) is 6.39. The van der Waals surface area contributed by atoms with Gasteiger partial charge in [-0.05, 0) is 49.2 Å². The zero-order valence-corrected chi connectivity index (χ0v) is 18.1. The van der Waals surface area contributed by atoms with Crippen LogP contribution in [0.1, 0.15) is 30.1 Å². The van der Waals surface area contributed by atoms with Gasteiger partial charge >= 0.3 is 5.97 Å². The number of nitrogens with one attached hydrogen (secondary N) is 1. The number of anilines is 1. The quantitative estimate of drug-likeness (QED) is 0.323. The maximum atomic E-state index is 12.4. The molecule has 156 valence electrons. The van der Waals surface area contributed by atoms with Crippen LogP contribution in [0.4, 0.5) is 5.00 Å². The van der Waals surface area contributed by atoms with Crippen molar-refractivity contribution in [2.75, 3.05) is 18.5 Å². The van der Waals surface area contributed by atoms with Gasteiger partial charge in [0, 0.05) is 16.3 Å². The summed E-state index contributed by atoms with van der Waals surface area (Å²) in [6.07, 6.45) is 0.814. The average molecular weight is 444 g/mol. The molecule has 5 nitrogen and oxygen atoms in total. The van der Waals surface area contributed by atoms with Gasteiger partial charge in [-0.2, -0.15) is 0 Å². The van der Waals surface area contributed by atoms with E-state index >= 15 is 0 Å². The summed E-state index contributed by atoms with van der Waals surface area (Å²) in [6, 6.07) is 18.5. The number of esters is 1. The normalized spacial score (nSPS) is 10.5. The van der Waals surface area contributed by atoms with Crippen LogP contribution >= 0.6 is 22.9 Å². The number of rotatable bonds is 9. The van der Waals surface area contributed by atoms with Crippen molar-refractivity contribution in [2.24, 2.45) is 0 Å². The monoisotopic (exact) mass is 443 g/mol. The highest BCUT2D eigenvalue weighted by atomic mass is 35.5. The van der Waals surface area contributed by atoms with Gasteiger partial charge in [0.05, 0.1) is 18.8 Å². The molecule has 7 heteroatoms. The third kappa shape index (κ3) is 6.08. The Morgan fingerprint density at radius 2 is 1.80 bits per heavy atom. The maximum absolute atomic E-state index is 12.4. The molecule has 1 heterocycles. The van der Waals surface area contributed by atoms with E-state index in [0.29, 0.717) is 34.4 Å². The zero-order valence-electron chi connectivity index (χ0n) is 16.5. The number of hydrogen-bond donors (Lipinski definition) is 1. The first-order valence-corrected chi connectivity index (χ1v) is 10.8. The van der Waals surface area contributed by atoms with Crippen molar-refractivity contribution in [3.63, 3.8) is 0 Å². The topological polar surface area (TPSA) is 64.6 Å². The predicted octanol–water partition coefficient (Wildman–Crippen LogP) is 6.04. The molecule has 0 saturated carbocycles. The molecule has 3 rings (SSSR count). The lowest BCUT2D eigenvalue weighted by Gasteiger charge is -2.07. The highest BCUT2D eigenvalue weighted by Crippen LogP contribution is 2.36. The molecule has 0 bridgehead atoms. The van der Waals surface area contributed by atoms with E-state index in [0.717, 1.165) is 10.4 Å². The van der Waals surface area contributed by atoms with Gasteiger partial charge < -0.3 is 14.8 Å². The summed E-state index contributed by atoms with van der Waals surface area (Å²) in [5.74, 6) is 0.0779. The summed E-state index contributed by atoms with van der Waals surface area (Å²) >= 11 is 7.20. The first-order valence-electron chi connectivity index (χ1n) is 9.61. The fourth-order valence-corrected chi connectivity index (χ4v) is 3.93. The van der Waals surface area contributed by atoms with Crippen LogP contribution in [0.3, 0.4) is 0 Å². The Kier molecular flexibility index (Phi) is 7.88. The predicted molar refractivity (Wildman–Crippen MR) is 121 cm³/mol. The summed E-state index contributed by atoms with van der Waals surface area (Å²) in [5, 5.41) is 3.99. The van der Waals surface area contributed by atoms with E-state index in [2.05, 4.69) is 5.32 Å². The van der Waals surface area contributed by atoms with Crippen LogP contribution in [-0.4, -0.2) is 25.1 Å². The van der Waals surface area contributed by atoms with Gasteiger partial charge in [-0.15, -0.1) is 11.3 Å². The van der Waals surface area contributed by atoms with Crippen LogP contribution in [0.15, 0.2) is 60.7 Å². The van der Waals surface area contributed by atoms with Crippen molar-refractivity contribution in [2.45, 2.75) is 19.8 Å². The highest BCUT2D eigenvalue weighted by molar-refractivity contribution is 7.20. The van der Waals surface area contributed by atoms with Crippen LogP contribution < -0.4 is 10.1 Å². The molecule has 1 N–H and O–H groups in total. The summed E-state index contributed by atoms with van der Waals surface area (Å²) in [7, 11) is 0. The number of carbonyl (C=O) groups is 2. The molecule has 0 fully saturated rings. The Hall–Kier alpha value is -2.83. The number of ether oxygens (including phenoxy) is 2. The zero-order chi connectivity index (χ0) is 21.3. The van der Waals surface area contributed by atoms with Crippen molar-refractivity contribution in [3.8, 4) is 16.2 Å². The molecule has 2 aromatic carbocycles. The molecule has 0 aliphatic carbocycles. The molecule has 0 aliphatic rings. The molecule has 0 saturated heterocycles. The molecule has 0 aliphatic heterocycles. The summed E-state index contributed by atoms with van der Waals surface area (Å²) in [4.78, 5) is 25.6. The van der Waals surface area contributed by atoms with Crippen molar-refractivity contribution in [1.82, 2.24) is 0 Å². The molecule has 1 aromatic heterocycles. The van der Waals surface area contributed by atoms with Crippen LogP contribution in [0.2, 0.25) is 5.02 Å². The van der Waals surface area contributed by atoms with Crippen LogP contribution in [0.25, 0.3) is 10.4 Å². The fourth-order valence-electron chi connectivity index (χ4n) is 2.73. The summed E-state index contributed by atoms with van der Waals surface area (Å²) < 4.78 is 10.7. The molecule has 0 atom stereocenters. The number of amides is 1. The minimum atomic E-state index is -0.447. The van der Waals surface area contributed by atoms with Crippen molar-refractivity contribution < 1.29 is 19.1 Å². The number of hydrogen-bond acceptors (Lipinski definition) is 5. The van der Waals surface area contributed by atoms with Gasteiger partial charge in [0.1, 0.15) is 10.8 Å². The van der Waals surface area contributed by atoms with E-state index in [-0.39, 0.29) is 18.9 Å². The van der Waals surface area contributed by atoms with Crippen LogP contribution in [0.5, 0.6) is 5.75 Å². The van der Waals surface area contributed by atoms with Crippen molar-refractivity contribution in [3.05, 3.63) is 71.2 Å². The van der Waals surface area contributed by atoms with E-state index in [1.807, 2.05) is 30.3 Å². The number of benzene rings is 2. The van der Waals surface area contributed by atoms with Crippen molar-refractivity contribution >= 4 is 39.8 Å². The minimum Gasteiger partial charge on any atom is -0.494 e. The number of thiophene rings is 1. The van der Waals surface area contributed by atoms with Gasteiger partial charge in [-0.3, -0.25) is 4.79 Å². The number of carbonyl (C=O) groups excluding carboxylic acids is 2. The molecule has 0 radical (unpaired) electrons. The molecular weight excluding hydrogens is 422 g/mol. The molecule has 0 spiro atoms. The molecular formula is C23H22ClNO4S. The van der Waals surface area contributed by atoms with Gasteiger partial charge in [-0.1, -0.05) is 41.9 Å². The first-order chi connectivity index (χ1) is 14.6. The highest BCUT2D eigenvalue weighted by Gasteiger charge is 2.19. The van der Waals surface area contributed by atoms with Gasteiger partial charge in [-0.25, -0.2) is 4.79 Å². The first kappa shape index (κ1) is 21.9. The Bertz CT molecular complexity index is 986. The van der Waals surface area contributed by atoms with E-state index in [1.54, 1.807) is 37.3 Å². The second kappa shape index (κ2) is 10.8. The third-order valence-electron chi connectivity index (χ3n) is 4.17. The fraction of sp³-hybridized carbons (Fsp3) is 0.217. The van der Waals surface area contributed by atoms with Crippen LogP contribution in [-0.2, 0) is 9.53 Å². The molecule has 3 aromatic rings. The average Bonchev–Trinajstić information content (AvgIpc) is 3.17. The summed E-state index contributed by atoms with van der Waals surface area (Å²) in [5.41, 5.74) is 1.34. The van der Waals surface area contributed by atoms with Gasteiger partial charge in [0.15, 0.2) is 0 Å². The molecule has 1 amide bonds. The Balaban J connectivity index is 1.60. The lowest BCUT2D eigenvalue weighted by molar-refractivity contribution is -0.116. The third-order valence-corrected chi connectivity index (χ3v) is 5.52. The van der Waals surface area contributed by atoms with E-state index in [9.17, 15) is 9.59 Å². The van der Waals surface area contributed by atoms with E-state index in [4.69, 9.17) is 21.1 Å². The van der Waals surface area contributed by atoms with E-state index < -0.39 is 5.97 Å². The van der Waals surface area contributed by atoms with E-state index in [1.165, 1.54) is 11.3 Å². The minimum absolute atomic E-state index is 0.179. The Morgan fingerprint density at radius 1 is 1.07 bits per heavy atom. The van der Waals surface area contributed by atoms with Crippen molar-refractivity contribution in [1.29, 1.82) is 0 Å². The number of halogens is 1. The lowest BCUT2D eigenvalue weighted by atomic mass is 10.1. The van der Waals surface area contributed by atoms with Crippen LogP contribution in [0, 0.1) is 0 Å². The summed E-state index contributed by atoms with van der Waals surface area (Å²) in [6.45, 7) is 2.42. The lowest BCUT2D eigenvalue weighted by Crippen LogP contribution is -2.14. The molecule has 30 heavy (non-hydrogen) atoms. The smallest absolute Gasteiger partial charge is 0.341 e. The standard InChI is InChI=1S/C23H22ClNO4S/c1-2-28-23(27)19-15-20(16-7-4-3-5-8-16)30-22(19)25-21(26)9-6-14-29-18-12-10-17(24)11-13-18/h3-5,7-8,10-13,15H,2,6,9,14H2,1H3,(H,25,26). The SMILES string of the molecule is CCOC(=O)c1cc(-c2ccccc2)sc1NC(=O)CCCOc1ccc(Cl)cc1. The maximum Gasteiger partial charge on any atom is 0.341 e. The Morgan fingerprint density at radius 3 is 2.50 bits per heavy atom. The second-order valence-corrected chi connectivity index (χ2v) is 7.88. The van der Waals surface area contributed by atoms with Gasteiger partial charge in [0.2, 0.25) is 5.91 Å². The largest absolute Gasteiger partial charge is 0.494 e. The molecule has 0 unspecified atom stereocenters.